The summed E-state index contributed by atoms with van der Waals surface area (Å²) in [6.45, 7) is 4.48. The smallest absolute Gasteiger partial charge is 0.0730 e. The molecule has 0 radical (unpaired) electrons. The zero-order chi connectivity index (χ0) is 15.1. The number of hydrogen-bond acceptors (Lipinski definition) is 0. The van der Waals surface area contributed by atoms with Crippen LogP contribution in [0.3, 0.4) is 0 Å². The van der Waals surface area contributed by atoms with E-state index < -0.39 is 0 Å². The first kappa shape index (κ1) is 21.0. The van der Waals surface area contributed by atoms with Gasteiger partial charge in [-0.15, -0.1) is 0 Å². The van der Waals surface area contributed by atoms with E-state index in [-0.39, 0.29) is 3.23 Å². The zero-order valence-electron chi connectivity index (χ0n) is 13.9. The molecule has 0 fully saturated rings. The molecule has 0 aromatic carbocycles. The summed E-state index contributed by atoms with van der Waals surface area (Å²) in [5.74, 6) is 0. The molecule has 0 saturated carbocycles. The third kappa shape index (κ3) is 19.0. The molecule has 0 saturated heterocycles. The van der Waals surface area contributed by atoms with Crippen LogP contribution in [0.2, 0.25) is 0 Å². The molecular weight excluding hydrogens is 376 g/mol. The van der Waals surface area contributed by atoms with Crippen molar-refractivity contribution in [2.24, 2.45) is 0 Å². The van der Waals surface area contributed by atoms with Crippen molar-refractivity contribution in [1.82, 2.24) is 0 Å². The number of rotatable bonds is 15. The summed E-state index contributed by atoms with van der Waals surface area (Å²) < 4.78 is 0.164. The summed E-state index contributed by atoms with van der Waals surface area (Å²) in [6.07, 6.45) is 21.3. The van der Waals surface area contributed by atoms with E-state index >= 15 is 0 Å². The lowest BCUT2D eigenvalue weighted by Gasteiger charge is -2.12. The molecular formula is C18H36Br2. The van der Waals surface area contributed by atoms with Crippen LogP contribution in [0.15, 0.2) is 0 Å². The summed E-state index contributed by atoms with van der Waals surface area (Å²) >= 11 is 7.27. The van der Waals surface area contributed by atoms with Gasteiger partial charge in [-0.2, -0.15) is 0 Å². The molecule has 0 aliphatic carbocycles. The summed E-state index contributed by atoms with van der Waals surface area (Å²) in [5.41, 5.74) is 0. The molecule has 0 aromatic heterocycles. The van der Waals surface area contributed by atoms with Crippen molar-refractivity contribution in [3.05, 3.63) is 0 Å². The fourth-order valence-electron chi connectivity index (χ4n) is 2.63. The van der Waals surface area contributed by atoms with Crippen LogP contribution in [-0.4, -0.2) is 3.23 Å². The molecule has 0 aliphatic rings. The van der Waals surface area contributed by atoms with Gasteiger partial charge in [0.1, 0.15) is 0 Å². The Morgan fingerprint density at radius 1 is 0.550 bits per heavy atom. The van der Waals surface area contributed by atoms with E-state index in [0.717, 1.165) is 0 Å². The second-order valence-electron chi connectivity index (χ2n) is 6.42. The van der Waals surface area contributed by atoms with Crippen molar-refractivity contribution >= 4 is 31.9 Å². The summed E-state index contributed by atoms with van der Waals surface area (Å²) in [7, 11) is 0. The van der Waals surface area contributed by atoms with Crippen molar-refractivity contribution in [2.75, 3.05) is 0 Å². The van der Waals surface area contributed by atoms with Gasteiger partial charge in [0.25, 0.3) is 0 Å². The Kier molecular flexibility index (Phi) is 15.6. The Hall–Kier alpha value is 0.960. The zero-order valence-corrected chi connectivity index (χ0v) is 17.0. The highest BCUT2D eigenvalue weighted by Crippen LogP contribution is 2.31. The second-order valence-corrected chi connectivity index (χ2v) is 11.0. The molecule has 2 heteroatoms. The molecule has 0 aliphatic heterocycles. The molecule has 122 valence electrons. The van der Waals surface area contributed by atoms with Gasteiger partial charge in [-0.3, -0.25) is 0 Å². The third-order valence-electron chi connectivity index (χ3n) is 3.97. The molecule has 0 aromatic rings. The van der Waals surface area contributed by atoms with E-state index in [1.165, 1.54) is 96.3 Å². The minimum atomic E-state index is 0.164. The number of halogens is 2. The monoisotopic (exact) mass is 410 g/mol. The van der Waals surface area contributed by atoms with Gasteiger partial charge in [0.15, 0.2) is 0 Å². The minimum Gasteiger partial charge on any atom is -0.0730 e. The lowest BCUT2D eigenvalue weighted by atomic mass is 10.0. The van der Waals surface area contributed by atoms with Gasteiger partial charge >= 0.3 is 0 Å². The van der Waals surface area contributed by atoms with E-state index in [4.69, 9.17) is 0 Å². The van der Waals surface area contributed by atoms with E-state index in [0.29, 0.717) is 0 Å². The van der Waals surface area contributed by atoms with Crippen LogP contribution < -0.4 is 0 Å². The van der Waals surface area contributed by atoms with Crippen molar-refractivity contribution in [1.29, 1.82) is 0 Å². The van der Waals surface area contributed by atoms with Crippen molar-refractivity contribution < 1.29 is 0 Å². The van der Waals surface area contributed by atoms with Crippen molar-refractivity contribution in [2.45, 2.75) is 113 Å². The van der Waals surface area contributed by atoms with Crippen LogP contribution in [0.4, 0.5) is 0 Å². The Morgan fingerprint density at radius 2 is 0.850 bits per heavy atom. The third-order valence-corrected chi connectivity index (χ3v) is 4.76. The molecule has 0 N–H and O–H groups in total. The molecule has 0 bridgehead atoms. The number of hydrogen-bond donors (Lipinski definition) is 0. The van der Waals surface area contributed by atoms with E-state index in [9.17, 15) is 0 Å². The highest BCUT2D eigenvalue weighted by Gasteiger charge is 2.13. The molecule has 0 unspecified atom stereocenters. The summed E-state index contributed by atoms with van der Waals surface area (Å²) in [6, 6.07) is 0. The number of unbranched alkanes of at least 4 members (excludes halogenated alkanes) is 13. The molecule has 0 nitrogen and oxygen atoms in total. The van der Waals surface area contributed by atoms with Crippen LogP contribution >= 0.6 is 31.9 Å². The van der Waals surface area contributed by atoms with E-state index in [1.54, 1.807) is 0 Å². The minimum absolute atomic E-state index is 0.164. The SMILES string of the molecule is CCCCCCCCCCCCCCCCC(C)(Br)Br. The molecule has 0 atom stereocenters. The maximum absolute atomic E-state index is 3.63. The second kappa shape index (κ2) is 14.9. The largest absolute Gasteiger partial charge is 0.0777 e. The first-order chi connectivity index (χ1) is 9.56. The van der Waals surface area contributed by atoms with Gasteiger partial charge in [-0.25, -0.2) is 0 Å². The van der Waals surface area contributed by atoms with E-state index in [1.807, 2.05) is 0 Å². The van der Waals surface area contributed by atoms with Crippen molar-refractivity contribution in [3.8, 4) is 0 Å². The normalized spacial score (nSPS) is 12.0. The molecule has 0 rings (SSSR count). The van der Waals surface area contributed by atoms with Crippen LogP contribution in [0.5, 0.6) is 0 Å². The summed E-state index contributed by atoms with van der Waals surface area (Å²) in [4.78, 5) is 0. The van der Waals surface area contributed by atoms with Gasteiger partial charge < -0.3 is 0 Å². The fraction of sp³-hybridized carbons (Fsp3) is 1.00. The Labute approximate surface area is 145 Å². The average Bonchev–Trinajstić information content (AvgIpc) is 2.38. The Morgan fingerprint density at radius 3 is 1.15 bits per heavy atom. The van der Waals surface area contributed by atoms with Gasteiger partial charge in [0.2, 0.25) is 0 Å². The highest BCUT2D eigenvalue weighted by atomic mass is 79.9. The van der Waals surface area contributed by atoms with Crippen molar-refractivity contribution in [3.63, 3.8) is 0 Å². The first-order valence-corrected chi connectivity index (χ1v) is 10.5. The predicted octanol–water partition coefficient (Wildman–Crippen LogP) is 8.36. The lowest BCUT2D eigenvalue weighted by Crippen LogP contribution is -2.02. The van der Waals surface area contributed by atoms with Gasteiger partial charge in [-0.1, -0.05) is 129 Å². The number of alkyl halides is 2. The van der Waals surface area contributed by atoms with Gasteiger partial charge in [0, 0.05) is 0 Å². The maximum Gasteiger partial charge on any atom is 0.0777 e. The highest BCUT2D eigenvalue weighted by molar-refractivity contribution is 9.25. The van der Waals surface area contributed by atoms with Gasteiger partial charge in [0.05, 0.1) is 3.23 Å². The van der Waals surface area contributed by atoms with Crippen LogP contribution in [0.25, 0.3) is 0 Å². The summed E-state index contributed by atoms with van der Waals surface area (Å²) in [5, 5.41) is 0. The van der Waals surface area contributed by atoms with Crippen LogP contribution in [-0.2, 0) is 0 Å². The van der Waals surface area contributed by atoms with Crippen LogP contribution in [0, 0.1) is 0 Å². The molecule has 0 heterocycles. The quantitative estimate of drug-likeness (QED) is 0.187. The topological polar surface area (TPSA) is 0 Å². The molecule has 0 amide bonds. The standard InChI is InChI=1S/C18H36Br2/c1-3-4-5-6-7-8-9-10-11-12-13-14-15-16-17-18(2,19)20/h3-17H2,1-2H3. The van der Waals surface area contributed by atoms with Crippen LogP contribution in [0.1, 0.15) is 110 Å². The first-order valence-electron chi connectivity index (χ1n) is 8.94. The Bertz CT molecular complexity index is 184. The molecule has 20 heavy (non-hydrogen) atoms. The maximum atomic E-state index is 3.63. The predicted molar refractivity (Wildman–Crippen MR) is 101 cm³/mol. The Balaban J connectivity index is 2.99. The average molecular weight is 412 g/mol. The lowest BCUT2D eigenvalue weighted by molar-refractivity contribution is 0.531. The fourth-order valence-corrected chi connectivity index (χ4v) is 3.19. The van der Waals surface area contributed by atoms with E-state index in [2.05, 4.69) is 45.7 Å². The molecule has 0 spiro atoms. The van der Waals surface area contributed by atoms with Gasteiger partial charge in [-0.05, 0) is 13.3 Å².